The number of nitrogens with two attached hydrogens (primary N) is 2. The molecule has 2 aromatic carbocycles. The van der Waals surface area contributed by atoms with Gasteiger partial charge in [0.1, 0.15) is 5.75 Å². The van der Waals surface area contributed by atoms with Crippen molar-refractivity contribution in [3.05, 3.63) is 56.5 Å². The van der Waals surface area contributed by atoms with Crippen molar-refractivity contribution in [3.63, 3.8) is 0 Å². The van der Waals surface area contributed by atoms with Crippen LogP contribution in [0, 0.1) is 0 Å². The number of guanidine groups is 1. The first kappa shape index (κ1) is 26.1. The number of benzene rings is 2. The third-order valence-electron chi connectivity index (χ3n) is 4.76. The first-order valence-electron chi connectivity index (χ1n) is 9.66. The summed E-state index contributed by atoms with van der Waals surface area (Å²) in [7, 11) is 0. The van der Waals surface area contributed by atoms with Crippen molar-refractivity contribution < 1.29 is 24.6 Å². The quantitative estimate of drug-likeness (QED) is 0.193. The second kappa shape index (κ2) is 11.1. The summed E-state index contributed by atoms with van der Waals surface area (Å²) in [6.45, 7) is 1.26. The molecule has 0 saturated heterocycles. The van der Waals surface area contributed by atoms with Gasteiger partial charge in [-0.25, -0.2) is 4.99 Å². The van der Waals surface area contributed by atoms with Gasteiger partial charge < -0.3 is 32.3 Å². The topological polar surface area (TPSA) is 180 Å². The molecular formula is C21H23Br2N5O5. The summed E-state index contributed by atoms with van der Waals surface area (Å²) in [6, 6.07) is 9.30. The van der Waals surface area contributed by atoms with E-state index in [1.807, 2.05) is 0 Å². The SMILES string of the molecule is CCC(CC(=O)O)(NC(=O)CNC(=O)c1cccc(N=C(N)N)c1)c1cc(Br)cc(Br)c1O. The highest BCUT2D eigenvalue weighted by Gasteiger charge is 2.38. The molecule has 2 aromatic rings. The van der Waals surface area contributed by atoms with E-state index in [2.05, 4.69) is 47.5 Å². The number of hydrogen-bond donors (Lipinski definition) is 6. The van der Waals surface area contributed by atoms with Crippen LogP contribution in [0.2, 0.25) is 0 Å². The standard InChI is InChI=1S/C21H23Br2N5O5/c1-2-21(9-17(30)31,14-7-12(22)8-15(23)18(14)32)28-16(29)10-26-19(33)11-4-3-5-13(6-11)27-20(24)25/h3-8,32H,2,9-10H2,1H3,(H,26,33)(H,28,29)(H,30,31)(H4,24,25,27). The zero-order valence-corrected chi connectivity index (χ0v) is 20.7. The van der Waals surface area contributed by atoms with Crippen LogP contribution in [-0.4, -0.2) is 40.5 Å². The molecule has 0 aromatic heterocycles. The van der Waals surface area contributed by atoms with E-state index in [4.69, 9.17) is 11.5 Å². The highest BCUT2D eigenvalue weighted by molar-refractivity contribution is 9.11. The van der Waals surface area contributed by atoms with Crippen molar-refractivity contribution in [2.45, 2.75) is 25.3 Å². The molecule has 0 aliphatic heterocycles. The van der Waals surface area contributed by atoms with E-state index in [0.29, 0.717) is 14.6 Å². The van der Waals surface area contributed by atoms with Crippen molar-refractivity contribution in [2.75, 3.05) is 6.54 Å². The van der Waals surface area contributed by atoms with Crippen LogP contribution in [-0.2, 0) is 15.1 Å². The molecule has 2 amide bonds. The summed E-state index contributed by atoms with van der Waals surface area (Å²) >= 11 is 6.54. The summed E-state index contributed by atoms with van der Waals surface area (Å²) in [5.41, 5.74) is 10.1. The van der Waals surface area contributed by atoms with Gasteiger partial charge in [0.25, 0.3) is 5.91 Å². The Morgan fingerprint density at radius 1 is 1.15 bits per heavy atom. The van der Waals surface area contributed by atoms with Crippen LogP contribution in [0.1, 0.15) is 35.7 Å². The predicted molar refractivity (Wildman–Crippen MR) is 130 cm³/mol. The average molecular weight is 585 g/mol. The van der Waals surface area contributed by atoms with Crippen molar-refractivity contribution in [1.29, 1.82) is 0 Å². The zero-order chi connectivity index (χ0) is 24.8. The molecule has 1 unspecified atom stereocenters. The Bertz CT molecular complexity index is 1100. The Morgan fingerprint density at radius 2 is 1.85 bits per heavy atom. The minimum absolute atomic E-state index is 0.163. The smallest absolute Gasteiger partial charge is 0.306 e. The minimum Gasteiger partial charge on any atom is -0.506 e. The van der Waals surface area contributed by atoms with Gasteiger partial charge in [-0.05, 0) is 52.7 Å². The van der Waals surface area contributed by atoms with Crippen LogP contribution in [0.25, 0.3) is 0 Å². The molecule has 0 saturated carbocycles. The predicted octanol–water partition coefficient (Wildman–Crippen LogP) is 2.45. The molecule has 176 valence electrons. The maximum absolute atomic E-state index is 12.7. The number of aliphatic carboxylic acids is 1. The number of halogens is 2. The number of aromatic hydroxyl groups is 1. The van der Waals surface area contributed by atoms with E-state index in [9.17, 15) is 24.6 Å². The number of carbonyl (C=O) groups excluding carboxylic acids is 2. The Morgan fingerprint density at radius 3 is 2.45 bits per heavy atom. The fraction of sp³-hybridized carbons (Fsp3) is 0.238. The molecular weight excluding hydrogens is 562 g/mol. The second-order valence-corrected chi connectivity index (χ2v) is 8.88. The number of phenolic OH excluding ortho intramolecular Hbond substituents is 1. The number of hydrogen-bond acceptors (Lipinski definition) is 5. The Hall–Kier alpha value is -3.12. The average Bonchev–Trinajstić information content (AvgIpc) is 2.73. The number of amides is 2. The lowest BCUT2D eigenvalue weighted by molar-refractivity contribution is -0.139. The lowest BCUT2D eigenvalue weighted by Crippen LogP contribution is -2.50. The molecule has 10 nitrogen and oxygen atoms in total. The van der Waals surface area contributed by atoms with Crippen LogP contribution in [0.5, 0.6) is 5.75 Å². The van der Waals surface area contributed by atoms with Crippen molar-refractivity contribution >= 4 is 61.3 Å². The first-order valence-corrected chi connectivity index (χ1v) is 11.2. The van der Waals surface area contributed by atoms with Gasteiger partial charge in [-0.1, -0.05) is 28.9 Å². The highest BCUT2D eigenvalue weighted by atomic mass is 79.9. The van der Waals surface area contributed by atoms with Gasteiger partial charge in [0, 0.05) is 15.6 Å². The van der Waals surface area contributed by atoms with E-state index in [1.165, 1.54) is 12.1 Å². The van der Waals surface area contributed by atoms with Gasteiger partial charge in [-0.15, -0.1) is 0 Å². The fourth-order valence-corrected chi connectivity index (χ4v) is 4.46. The van der Waals surface area contributed by atoms with E-state index in [-0.39, 0.29) is 29.3 Å². The Labute approximate surface area is 206 Å². The highest BCUT2D eigenvalue weighted by Crippen LogP contribution is 2.41. The Balaban J connectivity index is 2.23. The third kappa shape index (κ3) is 6.93. The maximum Gasteiger partial charge on any atom is 0.306 e. The lowest BCUT2D eigenvalue weighted by Gasteiger charge is -2.34. The zero-order valence-electron chi connectivity index (χ0n) is 17.6. The lowest BCUT2D eigenvalue weighted by atomic mass is 9.83. The summed E-state index contributed by atoms with van der Waals surface area (Å²) in [4.78, 5) is 40.7. The minimum atomic E-state index is -1.42. The molecule has 0 spiro atoms. The van der Waals surface area contributed by atoms with Gasteiger partial charge in [0.05, 0.1) is 28.7 Å². The maximum atomic E-state index is 12.7. The molecule has 2 rings (SSSR count). The van der Waals surface area contributed by atoms with Gasteiger partial charge >= 0.3 is 5.97 Å². The van der Waals surface area contributed by atoms with Crippen molar-refractivity contribution in [3.8, 4) is 5.75 Å². The number of carboxylic acid groups (broad SMARTS) is 1. The molecule has 0 bridgehead atoms. The van der Waals surface area contributed by atoms with Crippen LogP contribution in [0.15, 0.2) is 50.3 Å². The second-order valence-electron chi connectivity index (χ2n) is 7.11. The Kier molecular flexibility index (Phi) is 8.83. The fourth-order valence-electron chi connectivity index (χ4n) is 3.24. The number of phenols is 1. The van der Waals surface area contributed by atoms with Gasteiger partial charge in [0.15, 0.2) is 5.96 Å². The van der Waals surface area contributed by atoms with Crippen LogP contribution < -0.4 is 22.1 Å². The third-order valence-corrected chi connectivity index (χ3v) is 5.82. The molecule has 0 radical (unpaired) electrons. The summed E-state index contributed by atoms with van der Waals surface area (Å²) in [5.74, 6) is -2.72. The van der Waals surface area contributed by atoms with E-state index < -0.39 is 36.3 Å². The summed E-state index contributed by atoms with van der Waals surface area (Å²) in [6.07, 6.45) is -0.323. The van der Waals surface area contributed by atoms with E-state index in [0.717, 1.165) is 0 Å². The van der Waals surface area contributed by atoms with Gasteiger partial charge in [-0.2, -0.15) is 0 Å². The van der Waals surface area contributed by atoms with Crippen molar-refractivity contribution in [2.24, 2.45) is 16.5 Å². The van der Waals surface area contributed by atoms with Crippen molar-refractivity contribution in [1.82, 2.24) is 10.6 Å². The largest absolute Gasteiger partial charge is 0.506 e. The van der Waals surface area contributed by atoms with Crippen LogP contribution in [0.4, 0.5) is 5.69 Å². The molecule has 0 aliphatic carbocycles. The summed E-state index contributed by atoms with van der Waals surface area (Å²) in [5, 5.41) is 25.2. The normalized spacial score (nSPS) is 12.3. The number of rotatable bonds is 9. The molecule has 0 fully saturated rings. The van der Waals surface area contributed by atoms with E-state index >= 15 is 0 Å². The molecule has 8 N–H and O–H groups in total. The van der Waals surface area contributed by atoms with Crippen LogP contribution in [0.3, 0.4) is 0 Å². The molecule has 12 heteroatoms. The number of nitrogens with zero attached hydrogens (tertiary/aromatic N) is 1. The number of nitrogens with one attached hydrogen (secondary N) is 2. The molecule has 33 heavy (non-hydrogen) atoms. The van der Waals surface area contributed by atoms with Crippen LogP contribution >= 0.6 is 31.9 Å². The number of aliphatic imine (C=N–C) groups is 1. The molecule has 0 aliphatic rings. The summed E-state index contributed by atoms with van der Waals surface area (Å²) < 4.78 is 0.909. The van der Waals surface area contributed by atoms with Gasteiger partial charge in [0.2, 0.25) is 5.91 Å². The van der Waals surface area contributed by atoms with E-state index in [1.54, 1.807) is 31.2 Å². The number of carbonyl (C=O) groups is 3. The first-order chi connectivity index (χ1) is 15.5. The molecule has 0 heterocycles. The molecule has 1 atom stereocenters. The monoisotopic (exact) mass is 583 g/mol. The number of carboxylic acids is 1. The van der Waals surface area contributed by atoms with Gasteiger partial charge in [-0.3, -0.25) is 14.4 Å².